The second-order valence-corrected chi connectivity index (χ2v) is 8.07. The van der Waals surface area contributed by atoms with Gasteiger partial charge in [-0.05, 0) is 55.0 Å². The molecule has 3 aromatic rings. The molecule has 0 saturated carbocycles. The minimum atomic E-state index is -3.74. The van der Waals surface area contributed by atoms with Gasteiger partial charge in [0.15, 0.2) is 11.6 Å². The van der Waals surface area contributed by atoms with Crippen molar-refractivity contribution < 1.29 is 22.3 Å². The summed E-state index contributed by atoms with van der Waals surface area (Å²) in [5.74, 6) is -0.594. The zero-order valence-corrected chi connectivity index (χ0v) is 16.9. The summed E-state index contributed by atoms with van der Waals surface area (Å²) in [6.45, 7) is 0.590. The molecule has 0 fully saturated rings. The van der Waals surface area contributed by atoms with Crippen molar-refractivity contribution in [2.75, 3.05) is 17.9 Å². The van der Waals surface area contributed by atoms with Gasteiger partial charge in [-0.25, -0.2) is 12.8 Å². The van der Waals surface area contributed by atoms with Crippen molar-refractivity contribution >= 4 is 21.6 Å². The zero-order valence-electron chi connectivity index (χ0n) is 16.0. The number of sulfonamides is 1. The molecule has 0 aromatic heterocycles. The number of hydrogen-bond acceptors (Lipinski definition) is 4. The molecule has 8 heteroatoms. The second kappa shape index (κ2) is 9.89. The number of halogens is 1. The van der Waals surface area contributed by atoms with Crippen molar-refractivity contribution in [2.45, 2.75) is 11.3 Å². The fourth-order valence-corrected chi connectivity index (χ4v) is 3.68. The van der Waals surface area contributed by atoms with Gasteiger partial charge in [0.05, 0.1) is 11.5 Å². The summed E-state index contributed by atoms with van der Waals surface area (Å²) in [4.78, 5) is 12.3. The summed E-state index contributed by atoms with van der Waals surface area (Å²) in [6, 6.07) is 20.3. The van der Waals surface area contributed by atoms with Crippen LogP contribution >= 0.6 is 0 Å². The van der Waals surface area contributed by atoms with Gasteiger partial charge in [0.25, 0.3) is 15.9 Å². The number of ether oxygens (including phenoxy) is 1. The van der Waals surface area contributed by atoms with Crippen LogP contribution in [-0.2, 0) is 10.0 Å². The quantitative estimate of drug-likeness (QED) is 0.508. The minimum Gasteiger partial charge on any atom is -0.490 e. The van der Waals surface area contributed by atoms with E-state index in [0.717, 1.165) is 0 Å². The topological polar surface area (TPSA) is 84.5 Å². The molecule has 0 heterocycles. The van der Waals surface area contributed by atoms with E-state index in [1.807, 2.05) is 0 Å². The van der Waals surface area contributed by atoms with E-state index in [-0.39, 0.29) is 23.2 Å². The van der Waals surface area contributed by atoms with Crippen molar-refractivity contribution in [3.8, 4) is 5.75 Å². The standard InChI is InChI=1S/C22H21FN2O4S/c23-20-9-4-5-10-21(20)29-16-6-15-24-22(26)17-11-13-19(14-12-17)30(27,28)25-18-7-2-1-3-8-18/h1-5,7-14,25H,6,15-16H2,(H,24,26). The Labute approximate surface area is 174 Å². The fourth-order valence-electron chi connectivity index (χ4n) is 2.63. The molecule has 156 valence electrons. The summed E-state index contributed by atoms with van der Waals surface area (Å²) < 4.78 is 46.1. The molecule has 0 aliphatic carbocycles. The van der Waals surface area contributed by atoms with E-state index < -0.39 is 15.8 Å². The van der Waals surface area contributed by atoms with Crippen LogP contribution in [0.2, 0.25) is 0 Å². The van der Waals surface area contributed by atoms with Gasteiger partial charge in [-0.2, -0.15) is 0 Å². The number of para-hydroxylation sites is 2. The van der Waals surface area contributed by atoms with Crippen LogP contribution in [0.5, 0.6) is 5.75 Å². The van der Waals surface area contributed by atoms with Crippen LogP contribution in [0.25, 0.3) is 0 Å². The van der Waals surface area contributed by atoms with Crippen molar-refractivity contribution in [1.82, 2.24) is 5.32 Å². The third-order valence-corrected chi connectivity index (χ3v) is 5.55. The van der Waals surface area contributed by atoms with Crippen LogP contribution in [0.1, 0.15) is 16.8 Å². The number of carbonyl (C=O) groups excluding carboxylic acids is 1. The van der Waals surface area contributed by atoms with E-state index in [1.165, 1.54) is 36.4 Å². The van der Waals surface area contributed by atoms with Crippen LogP contribution in [0.15, 0.2) is 83.8 Å². The highest BCUT2D eigenvalue weighted by Crippen LogP contribution is 2.17. The SMILES string of the molecule is O=C(NCCCOc1ccccc1F)c1ccc(S(=O)(=O)Nc2ccccc2)cc1. The van der Waals surface area contributed by atoms with E-state index in [9.17, 15) is 17.6 Å². The maximum atomic E-state index is 13.4. The van der Waals surface area contributed by atoms with Gasteiger partial charge in [0, 0.05) is 17.8 Å². The summed E-state index contributed by atoms with van der Waals surface area (Å²) >= 11 is 0. The molecule has 0 radical (unpaired) electrons. The Kier molecular flexibility index (Phi) is 7.03. The molecule has 3 rings (SSSR count). The van der Waals surface area contributed by atoms with Gasteiger partial charge < -0.3 is 10.1 Å². The van der Waals surface area contributed by atoms with Crippen molar-refractivity contribution in [3.05, 3.63) is 90.2 Å². The predicted octanol–water partition coefficient (Wildman–Crippen LogP) is 3.83. The summed E-state index contributed by atoms with van der Waals surface area (Å²) in [6.07, 6.45) is 0.494. The third kappa shape index (κ3) is 5.81. The summed E-state index contributed by atoms with van der Waals surface area (Å²) in [5, 5.41) is 2.72. The predicted molar refractivity (Wildman–Crippen MR) is 113 cm³/mol. The lowest BCUT2D eigenvalue weighted by atomic mass is 10.2. The lowest BCUT2D eigenvalue weighted by molar-refractivity contribution is 0.0951. The maximum absolute atomic E-state index is 13.4. The van der Waals surface area contributed by atoms with Crippen LogP contribution in [0.3, 0.4) is 0 Å². The molecule has 0 unspecified atom stereocenters. The summed E-state index contributed by atoms with van der Waals surface area (Å²) in [7, 11) is -3.74. The van der Waals surface area contributed by atoms with Crippen molar-refractivity contribution in [2.24, 2.45) is 0 Å². The third-order valence-electron chi connectivity index (χ3n) is 4.15. The fraction of sp³-hybridized carbons (Fsp3) is 0.136. The number of nitrogens with one attached hydrogen (secondary N) is 2. The molecule has 0 spiro atoms. The minimum absolute atomic E-state index is 0.0567. The van der Waals surface area contributed by atoms with Gasteiger partial charge in [0.1, 0.15) is 0 Å². The Balaban J connectivity index is 1.48. The molecule has 1 amide bonds. The van der Waals surface area contributed by atoms with E-state index in [0.29, 0.717) is 24.2 Å². The molecule has 2 N–H and O–H groups in total. The summed E-state index contributed by atoms with van der Waals surface area (Å²) in [5.41, 5.74) is 0.792. The highest BCUT2D eigenvalue weighted by atomic mass is 32.2. The first kappa shape index (κ1) is 21.3. The number of anilines is 1. The lowest BCUT2D eigenvalue weighted by Crippen LogP contribution is -2.25. The Morgan fingerprint density at radius 1 is 0.900 bits per heavy atom. The molecule has 0 atom stereocenters. The van der Waals surface area contributed by atoms with E-state index >= 15 is 0 Å². The van der Waals surface area contributed by atoms with Crippen LogP contribution in [0, 0.1) is 5.82 Å². The Morgan fingerprint density at radius 3 is 2.27 bits per heavy atom. The number of hydrogen-bond donors (Lipinski definition) is 2. The van der Waals surface area contributed by atoms with Crippen LogP contribution in [0.4, 0.5) is 10.1 Å². The van der Waals surface area contributed by atoms with E-state index in [2.05, 4.69) is 10.0 Å². The van der Waals surface area contributed by atoms with Crippen LogP contribution < -0.4 is 14.8 Å². The molecular formula is C22H21FN2O4S. The first-order chi connectivity index (χ1) is 14.5. The van der Waals surface area contributed by atoms with Crippen molar-refractivity contribution in [3.63, 3.8) is 0 Å². The molecule has 6 nitrogen and oxygen atoms in total. The van der Waals surface area contributed by atoms with E-state index in [4.69, 9.17) is 4.74 Å². The Hall–Kier alpha value is -3.39. The zero-order chi connectivity index (χ0) is 21.4. The average Bonchev–Trinajstić information content (AvgIpc) is 2.75. The van der Waals surface area contributed by atoms with Gasteiger partial charge >= 0.3 is 0 Å². The normalized spacial score (nSPS) is 11.0. The maximum Gasteiger partial charge on any atom is 0.261 e. The average molecular weight is 428 g/mol. The first-order valence-corrected chi connectivity index (χ1v) is 10.8. The van der Waals surface area contributed by atoms with Crippen LogP contribution in [-0.4, -0.2) is 27.5 Å². The van der Waals surface area contributed by atoms with Crippen molar-refractivity contribution in [1.29, 1.82) is 0 Å². The Morgan fingerprint density at radius 2 is 1.57 bits per heavy atom. The molecule has 0 saturated heterocycles. The first-order valence-electron chi connectivity index (χ1n) is 9.29. The lowest BCUT2D eigenvalue weighted by Gasteiger charge is -2.10. The van der Waals surface area contributed by atoms with Gasteiger partial charge in [-0.3, -0.25) is 9.52 Å². The molecule has 30 heavy (non-hydrogen) atoms. The largest absolute Gasteiger partial charge is 0.490 e. The number of rotatable bonds is 9. The number of carbonyl (C=O) groups is 1. The van der Waals surface area contributed by atoms with E-state index in [1.54, 1.807) is 42.5 Å². The van der Waals surface area contributed by atoms with Gasteiger partial charge in [-0.15, -0.1) is 0 Å². The van der Waals surface area contributed by atoms with Gasteiger partial charge in [0.2, 0.25) is 0 Å². The highest BCUT2D eigenvalue weighted by molar-refractivity contribution is 7.92. The second-order valence-electron chi connectivity index (χ2n) is 6.38. The molecule has 3 aromatic carbocycles. The Bertz CT molecular complexity index is 1090. The molecular weight excluding hydrogens is 407 g/mol. The number of benzene rings is 3. The monoisotopic (exact) mass is 428 g/mol. The molecule has 0 aliphatic heterocycles. The smallest absolute Gasteiger partial charge is 0.261 e. The molecule has 0 aliphatic rings. The molecule has 0 bridgehead atoms. The number of amides is 1. The van der Waals surface area contributed by atoms with Gasteiger partial charge in [-0.1, -0.05) is 30.3 Å². The highest BCUT2D eigenvalue weighted by Gasteiger charge is 2.15.